The molecule has 0 unspecified atom stereocenters. The van der Waals surface area contributed by atoms with Crippen LogP contribution >= 0.6 is 0 Å². The Bertz CT molecular complexity index is 459. The SMILES string of the molecule is CCCN1CCN(C(=O)c2cc(CC)nc(NC)c2)CC1. The number of nitrogens with one attached hydrogen (secondary N) is 1. The molecule has 1 aliphatic heterocycles. The van der Waals surface area contributed by atoms with E-state index >= 15 is 0 Å². The summed E-state index contributed by atoms with van der Waals surface area (Å²) in [5, 5.41) is 3.03. The van der Waals surface area contributed by atoms with Crippen LogP contribution in [0.15, 0.2) is 12.1 Å². The topological polar surface area (TPSA) is 48.5 Å². The zero-order valence-electron chi connectivity index (χ0n) is 13.4. The summed E-state index contributed by atoms with van der Waals surface area (Å²) in [6.07, 6.45) is 2.00. The highest BCUT2D eigenvalue weighted by atomic mass is 16.2. The van der Waals surface area contributed by atoms with Gasteiger partial charge < -0.3 is 10.2 Å². The first-order valence-electron chi connectivity index (χ1n) is 7.88. The third kappa shape index (κ3) is 3.94. The molecule has 5 heteroatoms. The number of carbonyl (C=O) groups excluding carboxylic acids is 1. The summed E-state index contributed by atoms with van der Waals surface area (Å²) < 4.78 is 0. The highest BCUT2D eigenvalue weighted by molar-refractivity contribution is 5.95. The highest BCUT2D eigenvalue weighted by Crippen LogP contribution is 2.14. The fourth-order valence-electron chi connectivity index (χ4n) is 2.69. The molecule has 1 fully saturated rings. The second-order valence-electron chi connectivity index (χ2n) is 5.47. The van der Waals surface area contributed by atoms with Crippen molar-refractivity contribution in [2.45, 2.75) is 26.7 Å². The number of rotatable bonds is 5. The van der Waals surface area contributed by atoms with E-state index in [0.717, 1.165) is 56.2 Å². The standard InChI is InChI=1S/C16H26N4O/c1-4-6-19-7-9-20(10-8-19)16(21)13-11-14(5-2)18-15(12-13)17-3/h11-12H,4-10H2,1-3H3,(H,17,18). The molecule has 0 bridgehead atoms. The second-order valence-corrected chi connectivity index (χ2v) is 5.47. The van der Waals surface area contributed by atoms with Crippen molar-refractivity contribution in [1.29, 1.82) is 0 Å². The summed E-state index contributed by atoms with van der Waals surface area (Å²) >= 11 is 0. The lowest BCUT2D eigenvalue weighted by molar-refractivity contribution is 0.0637. The van der Waals surface area contributed by atoms with E-state index in [1.54, 1.807) is 0 Å². The third-order valence-corrected chi connectivity index (χ3v) is 3.94. The van der Waals surface area contributed by atoms with Crippen LogP contribution in [0.3, 0.4) is 0 Å². The van der Waals surface area contributed by atoms with Crippen LogP contribution in [0.1, 0.15) is 36.3 Å². The first kappa shape index (κ1) is 15.8. The van der Waals surface area contributed by atoms with E-state index in [0.29, 0.717) is 0 Å². The Labute approximate surface area is 127 Å². The van der Waals surface area contributed by atoms with Crippen molar-refractivity contribution in [2.75, 3.05) is 45.1 Å². The predicted octanol–water partition coefficient (Wildman–Crippen LogP) is 1.85. The first-order chi connectivity index (χ1) is 10.2. The zero-order chi connectivity index (χ0) is 15.2. The minimum atomic E-state index is 0.125. The van der Waals surface area contributed by atoms with Crippen LogP contribution in [-0.2, 0) is 6.42 Å². The van der Waals surface area contributed by atoms with Gasteiger partial charge in [-0.3, -0.25) is 9.69 Å². The smallest absolute Gasteiger partial charge is 0.254 e. The molecular formula is C16H26N4O. The fourth-order valence-corrected chi connectivity index (χ4v) is 2.69. The van der Waals surface area contributed by atoms with Gasteiger partial charge in [0.25, 0.3) is 5.91 Å². The van der Waals surface area contributed by atoms with Crippen LogP contribution < -0.4 is 5.32 Å². The van der Waals surface area contributed by atoms with E-state index in [1.807, 2.05) is 24.1 Å². The molecule has 21 heavy (non-hydrogen) atoms. The minimum Gasteiger partial charge on any atom is -0.373 e. The van der Waals surface area contributed by atoms with Crippen molar-refractivity contribution in [2.24, 2.45) is 0 Å². The van der Waals surface area contributed by atoms with Gasteiger partial charge in [0.15, 0.2) is 0 Å². The molecule has 5 nitrogen and oxygen atoms in total. The second kappa shape index (κ2) is 7.41. The maximum atomic E-state index is 12.7. The van der Waals surface area contributed by atoms with Crippen LogP contribution in [0.2, 0.25) is 0 Å². The van der Waals surface area contributed by atoms with Gasteiger partial charge in [-0.15, -0.1) is 0 Å². The largest absolute Gasteiger partial charge is 0.373 e. The van der Waals surface area contributed by atoms with Crippen molar-refractivity contribution < 1.29 is 4.79 Å². The van der Waals surface area contributed by atoms with Gasteiger partial charge in [-0.05, 0) is 31.5 Å². The molecule has 0 spiro atoms. The van der Waals surface area contributed by atoms with Crippen molar-refractivity contribution >= 4 is 11.7 Å². The Hall–Kier alpha value is -1.62. The lowest BCUT2D eigenvalue weighted by atomic mass is 10.1. The molecule has 1 aliphatic rings. The monoisotopic (exact) mass is 290 g/mol. The molecule has 1 aromatic rings. The molecule has 2 heterocycles. The fraction of sp³-hybridized carbons (Fsp3) is 0.625. The van der Waals surface area contributed by atoms with E-state index in [4.69, 9.17) is 0 Å². The zero-order valence-corrected chi connectivity index (χ0v) is 13.4. The highest BCUT2D eigenvalue weighted by Gasteiger charge is 2.22. The van der Waals surface area contributed by atoms with Crippen molar-refractivity contribution in [3.05, 3.63) is 23.4 Å². The molecular weight excluding hydrogens is 264 g/mol. The summed E-state index contributed by atoms with van der Waals surface area (Å²) in [5.74, 6) is 0.891. The number of carbonyl (C=O) groups is 1. The predicted molar refractivity (Wildman–Crippen MR) is 85.8 cm³/mol. The number of aryl methyl sites for hydroxylation is 1. The van der Waals surface area contributed by atoms with Gasteiger partial charge in [-0.2, -0.15) is 0 Å². The molecule has 0 atom stereocenters. The first-order valence-corrected chi connectivity index (χ1v) is 7.88. The Morgan fingerprint density at radius 1 is 1.24 bits per heavy atom. The van der Waals surface area contributed by atoms with Gasteiger partial charge >= 0.3 is 0 Å². The molecule has 116 valence electrons. The molecule has 0 saturated carbocycles. The lowest BCUT2D eigenvalue weighted by Crippen LogP contribution is -2.48. The summed E-state index contributed by atoms with van der Waals surface area (Å²) in [6, 6.07) is 3.77. The van der Waals surface area contributed by atoms with E-state index in [2.05, 4.69) is 29.0 Å². The van der Waals surface area contributed by atoms with E-state index in [-0.39, 0.29) is 5.91 Å². The number of piperazine rings is 1. The molecule has 1 N–H and O–H groups in total. The molecule has 0 radical (unpaired) electrons. The number of pyridine rings is 1. The summed E-state index contributed by atoms with van der Waals surface area (Å²) in [7, 11) is 1.83. The van der Waals surface area contributed by atoms with E-state index in [9.17, 15) is 4.79 Å². The van der Waals surface area contributed by atoms with Crippen LogP contribution in [0, 0.1) is 0 Å². The molecule has 2 rings (SSSR count). The van der Waals surface area contributed by atoms with Crippen molar-refractivity contribution in [3.63, 3.8) is 0 Å². The van der Waals surface area contributed by atoms with Gasteiger partial charge in [0.2, 0.25) is 0 Å². The number of aromatic nitrogens is 1. The van der Waals surface area contributed by atoms with Crippen molar-refractivity contribution in [1.82, 2.24) is 14.8 Å². The van der Waals surface area contributed by atoms with Gasteiger partial charge in [0, 0.05) is 44.5 Å². The lowest BCUT2D eigenvalue weighted by Gasteiger charge is -2.34. The molecule has 0 aromatic carbocycles. The quantitative estimate of drug-likeness (QED) is 0.899. The van der Waals surface area contributed by atoms with Crippen molar-refractivity contribution in [3.8, 4) is 0 Å². The van der Waals surface area contributed by atoms with E-state index in [1.165, 1.54) is 6.42 Å². The summed E-state index contributed by atoms with van der Waals surface area (Å²) in [6.45, 7) is 8.96. The maximum Gasteiger partial charge on any atom is 0.254 e. The van der Waals surface area contributed by atoms with Crippen LogP contribution in [0.25, 0.3) is 0 Å². The number of amides is 1. The van der Waals surface area contributed by atoms with Gasteiger partial charge in [0.1, 0.15) is 5.82 Å². The Kier molecular flexibility index (Phi) is 5.56. The molecule has 1 amide bonds. The van der Waals surface area contributed by atoms with Crippen LogP contribution in [-0.4, -0.2) is 60.5 Å². The Morgan fingerprint density at radius 3 is 2.52 bits per heavy atom. The van der Waals surface area contributed by atoms with Crippen LogP contribution in [0.4, 0.5) is 5.82 Å². The van der Waals surface area contributed by atoms with Gasteiger partial charge in [-0.25, -0.2) is 4.98 Å². The number of nitrogens with zero attached hydrogens (tertiary/aromatic N) is 3. The third-order valence-electron chi connectivity index (χ3n) is 3.94. The maximum absolute atomic E-state index is 12.7. The minimum absolute atomic E-state index is 0.125. The normalized spacial score (nSPS) is 16.0. The number of hydrogen-bond acceptors (Lipinski definition) is 4. The van der Waals surface area contributed by atoms with Crippen LogP contribution in [0.5, 0.6) is 0 Å². The van der Waals surface area contributed by atoms with E-state index < -0.39 is 0 Å². The van der Waals surface area contributed by atoms with Gasteiger partial charge in [-0.1, -0.05) is 13.8 Å². The molecule has 1 saturated heterocycles. The average molecular weight is 290 g/mol. The number of anilines is 1. The summed E-state index contributed by atoms with van der Waals surface area (Å²) in [4.78, 5) is 21.5. The Balaban J connectivity index is 2.06. The number of hydrogen-bond donors (Lipinski definition) is 1. The Morgan fingerprint density at radius 2 is 1.95 bits per heavy atom. The summed E-state index contributed by atoms with van der Waals surface area (Å²) in [5.41, 5.74) is 1.70. The average Bonchev–Trinajstić information content (AvgIpc) is 2.54. The van der Waals surface area contributed by atoms with Gasteiger partial charge in [0.05, 0.1) is 0 Å². The molecule has 0 aliphatic carbocycles. The molecule has 1 aromatic heterocycles.